The van der Waals surface area contributed by atoms with Crippen LogP contribution in [0.25, 0.3) is 0 Å². The van der Waals surface area contributed by atoms with Crippen molar-refractivity contribution in [1.29, 1.82) is 0 Å². The Kier molecular flexibility index (Phi) is 4.52. The van der Waals surface area contributed by atoms with Gasteiger partial charge in [-0.1, -0.05) is 6.07 Å². The van der Waals surface area contributed by atoms with Crippen molar-refractivity contribution >= 4 is 5.91 Å². The molecule has 0 fully saturated rings. The summed E-state index contributed by atoms with van der Waals surface area (Å²) in [5, 5.41) is 0. The second kappa shape index (κ2) is 6.35. The number of carbonyl (C=O) groups excluding carboxylic acids is 1. The standard InChI is InChI=1S/C16H15F2NO2/c1-19(10-12-3-6-13(17)9-15(12)18)16(20)11-4-7-14(21-2)8-5-11/h3-9H,10H2,1-2H3. The molecule has 2 aromatic carbocycles. The average molecular weight is 291 g/mol. The van der Waals surface area contributed by atoms with Gasteiger partial charge in [0.2, 0.25) is 0 Å². The first-order valence-corrected chi connectivity index (χ1v) is 6.34. The first-order chi connectivity index (χ1) is 10.0. The predicted molar refractivity (Wildman–Crippen MR) is 75.1 cm³/mol. The minimum atomic E-state index is -0.663. The van der Waals surface area contributed by atoms with Gasteiger partial charge >= 0.3 is 0 Å². The van der Waals surface area contributed by atoms with Crippen molar-refractivity contribution in [1.82, 2.24) is 4.90 Å². The average Bonchev–Trinajstić information content (AvgIpc) is 2.49. The van der Waals surface area contributed by atoms with Crippen LogP contribution in [0, 0.1) is 11.6 Å². The fourth-order valence-corrected chi connectivity index (χ4v) is 1.93. The Hall–Kier alpha value is -2.43. The van der Waals surface area contributed by atoms with Crippen LogP contribution in [0.3, 0.4) is 0 Å². The molecule has 0 spiro atoms. The highest BCUT2D eigenvalue weighted by atomic mass is 19.1. The SMILES string of the molecule is COc1ccc(C(=O)N(C)Cc2ccc(F)cc2F)cc1. The van der Waals surface area contributed by atoms with Crippen LogP contribution in [0.1, 0.15) is 15.9 Å². The summed E-state index contributed by atoms with van der Waals surface area (Å²) in [6.45, 7) is 0.0664. The molecule has 21 heavy (non-hydrogen) atoms. The number of rotatable bonds is 4. The first-order valence-electron chi connectivity index (χ1n) is 6.34. The summed E-state index contributed by atoms with van der Waals surface area (Å²) in [6.07, 6.45) is 0. The molecule has 0 aromatic heterocycles. The van der Waals surface area contributed by atoms with Crippen molar-refractivity contribution in [2.45, 2.75) is 6.54 Å². The molecule has 0 unspecified atom stereocenters. The molecule has 0 saturated carbocycles. The van der Waals surface area contributed by atoms with E-state index in [2.05, 4.69) is 0 Å². The zero-order chi connectivity index (χ0) is 15.4. The first kappa shape index (κ1) is 15.0. The van der Waals surface area contributed by atoms with E-state index in [4.69, 9.17) is 4.74 Å². The fourth-order valence-electron chi connectivity index (χ4n) is 1.93. The van der Waals surface area contributed by atoms with Gasteiger partial charge in [0.15, 0.2) is 0 Å². The largest absolute Gasteiger partial charge is 0.497 e. The Labute approximate surface area is 121 Å². The predicted octanol–water partition coefficient (Wildman–Crippen LogP) is 3.25. The van der Waals surface area contributed by atoms with Crippen LogP contribution in [0.2, 0.25) is 0 Å². The van der Waals surface area contributed by atoms with Gasteiger partial charge in [0, 0.05) is 30.8 Å². The molecule has 0 atom stereocenters. The minimum absolute atomic E-state index is 0.0664. The van der Waals surface area contributed by atoms with Gasteiger partial charge in [-0.05, 0) is 30.3 Å². The third-order valence-electron chi connectivity index (χ3n) is 3.11. The quantitative estimate of drug-likeness (QED) is 0.865. The molecule has 0 heterocycles. The molecule has 110 valence electrons. The Morgan fingerprint density at radius 2 is 1.81 bits per heavy atom. The number of halogens is 2. The molecule has 2 rings (SSSR count). The van der Waals surface area contributed by atoms with E-state index >= 15 is 0 Å². The number of amides is 1. The number of ether oxygens (including phenoxy) is 1. The van der Waals surface area contributed by atoms with Crippen LogP contribution in [-0.2, 0) is 6.54 Å². The van der Waals surface area contributed by atoms with E-state index in [1.807, 2.05) is 0 Å². The lowest BCUT2D eigenvalue weighted by molar-refractivity contribution is 0.0784. The van der Waals surface area contributed by atoms with Crippen molar-refractivity contribution in [3.05, 3.63) is 65.2 Å². The molecule has 0 N–H and O–H groups in total. The van der Waals surface area contributed by atoms with Gasteiger partial charge in [-0.25, -0.2) is 8.78 Å². The molecule has 5 heteroatoms. The van der Waals surface area contributed by atoms with E-state index < -0.39 is 11.6 Å². The van der Waals surface area contributed by atoms with Crippen LogP contribution >= 0.6 is 0 Å². The van der Waals surface area contributed by atoms with Crippen molar-refractivity contribution in [2.24, 2.45) is 0 Å². The molecule has 0 saturated heterocycles. The van der Waals surface area contributed by atoms with Crippen LogP contribution in [0.15, 0.2) is 42.5 Å². The van der Waals surface area contributed by atoms with E-state index in [9.17, 15) is 13.6 Å². The molecular formula is C16H15F2NO2. The highest BCUT2D eigenvalue weighted by Crippen LogP contribution is 2.15. The Morgan fingerprint density at radius 1 is 1.14 bits per heavy atom. The van der Waals surface area contributed by atoms with Crippen molar-refractivity contribution in [2.75, 3.05) is 14.2 Å². The molecular weight excluding hydrogens is 276 g/mol. The van der Waals surface area contributed by atoms with Crippen LogP contribution < -0.4 is 4.74 Å². The number of hydrogen-bond donors (Lipinski definition) is 0. The van der Waals surface area contributed by atoms with Crippen molar-refractivity contribution < 1.29 is 18.3 Å². The molecule has 3 nitrogen and oxygen atoms in total. The van der Waals surface area contributed by atoms with Gasteiger partial charge in [0.1, 0.15) is 17.4 Å². The van der Waals surface area contributed by atoms with Crippen LogP contribution in [-0.4, -0.2) is 25.0 Å². The minimum Gasteiger partial charge on any atom is -0.497 e. The summed E-state index contributed by atoms with van der Waals surface area (Å²) in [7, 11) is 3.11. The molecule has 0 aliphatic heterocycles. The van der Waals surface area contributed by atoms with E-state index in [1.165, 1.54) is 17.0 Å². The zero-order valence-corrected chi connectivity index (χ0v) is 11.8. The van der Waals surface area contributed by atoms with Crippen molar-refractivity contribution in [3.63, 3.8) is 0 Å². The molecule has 0 bridgehead atoms. The summed E-state index contributed by atoms with van der Waals surface area (Å²) in [5.74, 6) is -0.898. The van der Waals surface area contributed by atoms with E-state index in [1.54, 1.807) is 38.4 Å². The Balaban J connectivity index is 2.11. The molecule has 1 amide bonds. The lowest BCUT2D eigenvalue weighted by atomic mass is 10.1. The van der Waals surface area contributed by atoms with Gasteiger partial charge in [-0.3, -0.25) is 4.79 Å². The number of nitrogens with zero attached hydrogens (tertiary/aromatic N) is 1. The summed E-state index contributed by atoms with van der Waals surface area (Å²) in [5.41, 5.74) is 0.738. The number of hydrogen-bond acceptors (Lipinski definition) is 2. The van der Waals surface area contributed by atoms with Gasteiger partial charge in [-0.2, -0.15) is 0 Å². The van der Waals surface area contributed by atoms with E-state index in [0.717, 1.165) is 6.07 Å². The third-order valence-corrected chi connectivity index (χ3v) is 3.11. The maximum Gasteiger partial charge on any atom is 0.253 e. The summed E-state index contributed by atoms with van der Waals surface area (Å²) >= 11 is 0. The Bertz CT molecular complexity index is 641. The highest BCUT2D eigenvalue weighted by Gasteiger charge is 2.14. The second-order valence-electron chi connectivity index (χ2n) is 4.63. The fraction of sp³-hybridized carbons (Fsp3) is 0.188. The monoisotopic (exact) mass is 291 g/mol. The van der Waals surface area contributed by atoms with Gasteiger partial charge in [0.05, 0.1) is 7.11 Å². The van der Waals surface area contributed by atoms with Gasteiger partial charge in [0.25, 0.3) is 5.91 Å². The Morgan fingerprint density at radius 3 is 2.38 bits per heavy atom. The second-order valence-corrected chi connectivity index (χ2v) is 4.63. The van der Waals surface area contributed by atoms with Crippen LogP contribution in [0.4, 0.5) is 8.78 Å². The lowest BCUT2D eigenvalue weighted by Crippen LogP contribution is -2.26. The van der Waals surface area contributed by atoms with Crippen LogP contribution in [0.5, 0.6) is 5.75 Å². The van der Waals surface area contributed by atoms with Gasteiger partial charge in [-0.15, -0.1) is 0 Å². The number of carbonyl (C=O) groups is 1. The number of benzene rings is 2. The summed E-state index contributed by atoms with van der Waals surface area (Å²) in [6, 6.07) is 9.95. The smallest absolute Gasteiger partial charge is 0.253 e. The van der Waals surface area contributed by atoms with Gasteiger partial charge < -0.3 is 9.64 Å². The lowest BCUT2D eigenvalue weighted by Gasteiger charge is -2.18. The zero-order valence-electron chi connectivity index (χ0n) is 11.8. The molecule has 0 aliphatic carbocycles. The molecule has 0 radical (unpaired) electrons. The van der Waals surface area contributed by atoms with Crippen molar-refractivity contribution in [3.8, 4) is 5.75 Å². The maximum atomic E-state index is 13.6. The highest BCUT2D eigenvalue weighted by molar-refractivity contribution is 5.94. The molecule has 0 aliphatic rings. The summed E-state index contributed by atoms with van der Waals surface area (Å²) in [4.78, 5) is 13.6. The normalized spacial score (nSPS) is 10.3. The topological polar surface area (TPSA) is 29.5 Å². The summed E-state index contributed by atoms with van der Waals surface area (Å²) < 4.78 is 31.5. The number of methoxy groups -OCH3 is 1. The maximum absolute atomic E-state index is 13.6. The molecule has 2 aromatic rings. The van der Waals surface area contributed by atoms with E-state index in [-0.39, 0.29) is 18.0 Å². The third kappa shape index (κ3) is 3.56. The van der Waals surface area contributed by atoms with E-state index in [0.29, 0.717) is 11.3 Å².